The number of ketones is 1. The number of carbonyl (C=O) groups is 2. The molecular weight excluding hydrogens is 502 g/mol. The fraction of sp³-hybridized carbons (Fsp3) is 0.265. The van der Waals surface area contributed by atoms with Crippen molar-refractivity contribution in [2.45, 2.75) is 44.1 Å². The largest absolute Gasteiger partial charge is 0.493 e. The highest BCUT2D eigenvalue weighted by atomic mass is 16.5. The maximum Gasteiger partial charge on any atom is 0.303 e. The Labute approximate surface area is 233 Å². The van der Waals surface area contributed by atoms with E-state index in [4.69, 9.17) is 9.15 Å². The third-order valence-corrected chi connectivity index (χ3v) is 8.00. The van der Waals surface area contributed by atoms with Crippen LogP contribution < -0.4 is 4.74 Å². The van der Waals surface area contributed by atoms with Gasteiger partial charge in [0, 0.05) is 18.2 Å². The monoisotopic (exact) mass is 533 g/mol. The summed E-state index contributed by atoms with van der Waals surface area (Å²) >= 11 is 0. The minimum Gasteiger partial charge on any atom is -0.493 e. The number of fused-ring (bicyclic) bond motifs is 1. The molecule has 1 aliphatic carbocycles. The predicted molar refractivity (Wildman–Crippen MR) is 155 cm³/mol. The standard InChI is InChI=1S/C34H31NO5/c36-32(37)15-9-23-8-14-30(40-22-24-5-1-2-6-24)29(19-23)27-11-10-26-21-28(13-12-25(26)20-27)34(16-4-17-35-34)33(38)31-7-3-18-39-31/h3-4,7-8,10-14,16-21,24H,1-2,5-6,9,15,22H2,(H,36,37). The van der Waals surface area contributed by atoms with Crippen molar-refractivity contribution >= 4 is 28.7 Å². The SMILES string of the molecule is O=C(O)CCc1ccc(OCC2CCCC2)c(-c2ccc3cc(C4(C(=O)c5ccco5)C=CC=N4)ccc3c2)c1. The summed E-state index contributed by atoms with van der Waals surface area (Å²) in [5, 5.41) is 11.2. The van der Waals surface area contributed by atoms with Crippen molar-refractivity contribution in [2.75, 3.05) is 6.61 Å². The number of aliphatic imine (C=N–C) groups is 1. The lowest BCUT2D eigenvalue weighted by Gasteiger charge is -2.23. The molecule has 6 heteroatoms. The molecule has 6 nitrogen and oxygen atoms in total. The Bertz CT molecular complexity index is 1600. The first-order chi connectivity index (χ1) is 19.5. The molecule has 0 radical (unpaired) electrons. The molecule has 1 unspecified atom stereocenters. The number of allylic oxidation sites excluding steroid dienone is 1. The van der Waals surface area contributed by atoms with Crippen molar-refractivity contribution in [1.29, 1.82) is 0 Å². The smallest absolute Gasteiger partial charge is 0.303 e. The summed E-state index contributed by atoms with van der Waals surface area (Å²) in [6.45, 7) is 0.693. The van der Waals surface area contributed by atoms with Gasteiger partial charge in [0.1, 0.15) is 5.75 Å². The number of hydrogen-bond donors (Lipinski definition) is 1. The summed E-state index contributed by atoms with van der Waals surface area (Å²) in [6, 6.07) is 21.5. The predicted octanol–water partition coefficient (Wildman–Crippen LogP) is 7.40. The van der Waals surface area contributed by atoms with Crippen molar-refractivity contribution in [1.82, 2.24) is 0 Å². The van der Waals surface area contributed by atoms with Crippen LogP contribution in [0.4, 0.5) is 0 Å². The summed E-state index contributed by atoms with van der Waals surface area (Å²) < 4.78 is 11.8. The lowest BCUT2D eigenvalue weighted by atomic mass is 9.84. The van der Waals surface area contributed by atoms with E-state index in [-0.39, 0.29) is 18.0 Å². The number of carbonyl (C=O) groups excluding carboxylic acids is 1. The first-order valence-corrected chi connectivity index (χ1v) is 13.9. The summed E-state index contributed by atoms with van der Waals surface area (Å²) in [4.78, 5) is 29.2. The Morgan fingerprint density at radius 3 is 2.58 bits per heavy atom. The summed E-state index contributed by atoms with van der Waals surface area (Å²) in [7, 11) is 0. The molecule has 1 fully saturated rings. The molecule has 4 aromatic rings. The molecule has 1 saturated carbocycles. The maximum absolute atomic E-state index is 13.4. The van der Waals surface area contributed by atoms with Gasteiger partial charge in [0.25, 0.3) is 0 Å². The van der Waals surface area contributed by atoms with Gasteiger partial charge in [0.15, 0.2) is 11.3 Å². The van der Waals surface area contributed by atoms with Crippen LogP contribution in [0.25, 0.3) is 21.9 Å². The van der Waals surface area contributed by atoms with Gasteiger partial charge >= 0.3 is 5.97 Å². The minimum atomic E-state index is -1.15. The topological polar surface area (TPSA) is 89.1 Å². The van der Waals surface area contributed by atoms with Crippen molar-refractivity contribution in [3.05, 3.63) is 102 Å². The molecule has 2 aliphatic rings. The van der Waals surface area contributed by atoms with Crippen molar-refractivity contribution in [2.24, 2.45) is 10.9 Å². The van der Waals surface area contributed by atoms with E-state index in [1.165, 1.54) is 31.9 Å². The molecule has 202 valence electrons. The summed E-state index contributed by atoms with van der Waals surface area (Å²) in [6.07, 6.45) is 12.2. The number of rotatable bonds is 10. The molecule has 0 saturated heterocycles. The van der Waals surface area contributed by atoms with Gasteiger partial charge in [-0.25, -0.2) is 0 Å². The Morgan fingerprint density at radius 1 is 1.00 bits per heavy atom. The molecule has 1 aliphatic heterocycles. The second kappa shape index (κ2) is 11.0. The first kappa shape index (κ1) is 25.8. The molecule has 1 N–H and O–H groups in total. The number of carboxylic acids is 1. The van der Waals surface area contributed by atoms with E-state index in [1.807, 2.05) is 42.5 Å². The zero-order valence-corrected chi connectivity index (χ0v) is 22.2. The average Bonchev–Trinajstić information content (AvgIpc) is 3.78. The number of benzene rings is 3. The van der Waals surface area contributed by atoms with Crippen molar-refractivity contribution < 1.29 is 23.8 Å². The van der Waals surface area contributed by atoms with Crippen molar-refractivity contribution in [3.8, 4) is 16.9 Å². The van der Waals surface area contributed by atoms with E-state index >= 15 is 0 Å². The van der Waals surface area contributed by atoms with Gasteiger partial charge < -0.3 is 14.3 Å². The summed E-state index contributed by atoms with van der Waals surface area (Å²) in [5.74, 6) is 0.649. The lowest BCUT2D eigenvalue weighted by Crippen LogP contribution is -2.30. The second-order valence-corrected chi connectivity index (χ2v) is 10.7. The van der Waals surface area contributed by atoms with Gasteiger partial charge in [-0.2, -0.15) is 0 Å². The number of aryl methyl sites for hydroxylation is 1. The van der Waals surface area contributed by atoms with Crippen LogP contribution in [0.3, 0.4) is 0 Å². The number of carboxylic acid groups (broad SMARTS) is 1. The highest BCUT2D eigenvalue weighted by Crippen LogP contribution is 2.38. The average molecular weight is 534 g/mol. The molecule has 0 bridgehead atoms. The summed E-state index contributed by atoms with van der Waals surface area (Å²) in [5.41, 5.74) is 2.55. The van der Waals surface area contributed by atoms with Crippen LogP contribution >= 0.6 is 0 Å². The van der Waals surface area contributed by atoms with Crippen LogP contribution in [0.5, 0.6) is 5.75 Å². The molecular formula is C34H31NO5. The van der Waals surface area contributed by atoms with E-state index < -0.39 is 11.5 Å². The maximum atomic E-state index is 13.4. The van der Waals surface area contributed by atoms with Gasteiger partial charge in [-0.15, -0.1) is 0 Å². The zero-order valence-electron chi connectivity index (χ0n) is 22.2. The quantitative estimate of drug-likeness (QED) is 0.215. The van der Waals surface area contributed by atoms with E-state index in [1.54, 1.807) is 24.4 Å². The number of nitrogens with zero attached hydrogens (tertiary/aromatic N) is 1. The van der Waals surface area contributed by atoms with E-state index in [9.17, 15) is 14.7 Å². The number of ether oxygens (including phenoxy) is 1. The highest BCUT2D eigenvalue weighted by molar-refractivity contribution is 6.06. The van der Waals surface area contributed by atoms with Gasteiger partial charge in [-0.05, 0) is 101 Å². The molecule has 3 aromatic carbocycles. The van der Waals surface area contributed by atoms with Crippen LogP contribution in [0.15, 0.2) is 94.6 Å². The van der Waals surface area contributed by atoms with Crippen LogP contribution in [-0.4, -0.2) is 29.7 Å². The molecule has 1 atom stereocenters. The second-order valence-electron chi connectivity index (χ2n) is 10.7. The van der Waals surface area contributed by atoms with Crippen LogP contribution in [0, 0.1) is 5.92 Å². The van der Waals surface area contributed by atoms with E-state index in [0.29, 0.717) is 18.9 Å². The fourth-order valence-corrected chi connectivity index (χ4v) is 5.79. The van der Waals surface area contributed by atoms with Crippen LogP contribution in [0.2, 0.25) is 0 Å². The number of aliphatic carboxylic acids is 1. The Morgan fingerprint density at radius 2 is 1.82 bits per heavy atom. The van der Waals surface area contributed by atoms with Gasteiger partial charge in [0.2, 0.25) is 5.78 Å². The normalized spacial score (nSPS) is 18.5. The third-order valence-electron chi connectivity index (χ3n) is 8.00. The van der Waals surface area contributed by atoms with E-state index in [2.05, 4.69) is 23.2 Å². The molecule has 0 spiro atoms. The van der Waals surface area contributed by atoms with Gasteiger partial charge in [-0.3, -0.25) is 14.6 Å². The first-order valence-electron chi connectivity index (χ1n) is 13.9. The third kappa shape index (κ3) is 5.09. The zero-order chi connectivity index (χ0) is 27.5. The molecule has 6 rings (SSSR count). The van der Waals surface area contributed by atoms with Crippen LogP contribution in [0.1, 0.15) is 53.8 Å². The van der Waals surface area contributed by atoms with Gasteiger partial charge in [0.05, 0.1) is 12.9 Å². The Hall–Kier alpha value is -4.45. The number of Topliss-reactive ketones (excluding diaryl/α,β-unsaturated/α-hetero) is 1. The minimum absolute atomic E-state index is 0.0810. The Balaban J connectivity index is 1.34. The molecule has 1 aromatic heterocycles. The van der Waals surface area contributed by atoms with E-state index in [0.717, 1.165) is 38.8 Å². The number of furan rings is 1. The Kier molecular flexibility index (Phi) is 7.08. The molecule has 0 amide bonds. The van der Waals surface area contributed by atoms with Crippen molar-refractivity contribution in [3.63, 3.8) is 0 Å². The number of hydrogen-bond acceptors (Lipinski definition) is 5. The molecule has 40 heavy (non-hydrogen) atoms. The highest BCUT2D eigenvalue weighted by Gasteiger charge is 2.40. The molecule has 2 heterocycles. The lowest BCUT2D eigenvalue weighted by molar-refractivity contribution is -0.136. The van der Waals surface area contributed by atoms with Crippen LogP contribution in [-0.2, 0) is 16.8 Å². The van der Waals surface area contributed by atoms with Gasteiger partial charge in [-0.1, -0.05) is 43.2 Å². The fourth-order valence-electron chi connectivity index (χ4n) is 5.79.